The third-order valence-corrected chi connectivity index (χ3v) is 3.42. The molecule has 0 aliphatic heterocycles. The summed E-state index contributed by atoms with van der Waals surface area (Å²) in [6, 6.07) is 9.87. The lowest BCUT2D eigenvalue weighted by atomic mass is 10.1. The molecule has 0 radical (unpaired) electrons. The Morgan fingerprint density at radius 1 is 1.30 bits per heavy atom. The molecule has 0 fully saturated rings. The topological polar surface area (TPSA) is 55.1 Å². The Labute approximate surface area is 125 Å². The number of rotatable bonds is 4. The van der Waals surface area contributed by atoms with Crippen molar-refractivity contribution in [2.75, 3.05) is 11.1 Å². The first-order chi connectivity index (χ1) is 9.47. The van der Waals surface area contributed by atoms with Gasteiger partial charge in [-0.2, -0.15) is 0 Å². The van der Waals surface area contributed by atoms with Crippen molar-refractivity contribution >= 4 is 33.1 Å². The zero-order chi connectivity index (χ0) is 14.7. The van der Waals surface area contributed by atoms with Gasteiger partial charge in [-0.1, -0.05) is 15.9 Å². The Kier molecular flexibility index (Phi) is 4.39. The van der Waals surface area contributed by atoms with Crippen molar-refractivity contribution in [2.24, 2.45) is 0 Å². The van der Waals surface area contributed by atoms with Crippen molar-refractivity contribution in [2.45, 2.75) is 13.5 Å². The number of nitrogen functional groups attached to an aromatic ring is 1. The quantitative estimate of drug-likeness (QED) is 0.655. The lowest BCUT2D eigenvalue weighted by molar-refractivity contribution is 0.101. The maximum Gasteiger partial charge on any atom is 0.161 e. The molecule has 0 bridgehead atoms. The fourth-order valence-corrected chi connectivity index (χ4v) is 2.26. The minimum Gasteiger partial charge on any atom is -0.398 e. The number of benzene rings is 2. The number of carbonyl (C=O) groups excluding carboxylic acids is 1. The van der Waals surface area contributed by atoms with E-state index in [0.29, 0.717) is 23.4 Å². The van der Waals surface area contributed by atoms with Gasteiger partial charge in [0.05, 0.1) is 0 Å². The fraction of sp³-hybridized carbons (Fsp3) is 0.133. The van der Waals surface area contributed by atoms with Crippen LogP contribution in [-0.2, 0) is 6.54 Å². The Morgan fingerprint density at radius 2 is 2.05 bits per heavy atom. The number of halogens is 2. The highest BCUT2D eigenvalue weighted by Crippen LogP contribution is 2.20. The predicted octanol–water partition coefficient (Wildman–Crippen LogP) is 3.99. The maximum absolute atomic E-state index is 13.6. The number of hydrogen-bond acceptors (Lipinski definition) is 3. The molecule has 3 N–H and O–H groups in total. The van der Waals surface area contributed by atoms with Crippen molar-refractivity contribution < 1.29 is 9.18 Å². The third-order valence-electron chi connectivity index (χ3n) is 2.92. The highest BCUT2D eigenvalue weighted by molar-refractivity contribution is 9.10. The van der Waals surface area contributed by atoms with Crippen LogP contribution < -0.4 is 11.1 Å². The summed E-state index contributed by atoms with van der Waals surface area (Å²) in [5, 5.41) is 3.08. The van der Waals surface area contributed by atoms with Crippen LogP contribution in [0.2, 0.25) is 0 Å². The molecule has 0 unspecified atom stereocenters. The van der Waals surface area contributed by atoms with E-state index in [2.05, 4.69) is 21.2 Å². The summed E-state index contributed by atoms with van der Waals surface area (Å²) in [5.74, 6) is -0.372. The molecule has 0 amide bonds. The highest BCUT2D eigenvalue weighted by Gasteiger charge is 2.07. The fourth-order valence-electron chi connectivity index (χ4n) is 1.85. The highest BCUT2D eigenvalue weighted by atomic mass is 79.9. The second-order valence-corrected chi connectivity index (χ2v) is 5.36. The van der Waals surface area contributed by atoms with Crippen LogP contribution in [0.1, 0.15) is 22.8 Å². The molecule has 0 saturated carbocycles. The van der Waals surface area contributed by atoms with Gasteiger partial charge in [-0.25, -0.2) is 4.39 Å². The average molecular weight is 337 g/mol. The van der Waals surface area contributed by atoms with E-state index >= 15 is 0 Å². The lowest BCUT2D eigenvalue weighted by Crippen LogP contribution is -2.05. The molecule has 0 aromatic heterocycles. The smallest absolute Gasteiger partial charge is 0.161 e. The zero-order valence-corrected chi connectivity index (χ0v) is 12.5. The van der Waals surface area contributed by atoms with Gasteiger partial charge < -0.3 is 11.1 Å². The maximum atomic E-state index is 13.6. The minimum absolute atomic E-state index is 0.0974. The average Bonchev–Trinajstić information content (AvgIpc) is 2.41. The predicted molar refractivity (Wildman–Crippen MR) is 82.3 cm³/mol. The summed E-state index contributed by atoms with van der Waals surface area (Å²) >= 11 is 3.31. The van der Waals surface area contributed by atoms with Crippen LogP contribution in [0.3, 0.4) is 0 Å². The van der Waals surface area contributed by atoms with Crippen LogP contribution in [-0.4, -0.2) is 5.78 Å². The van der Waals surface area contributed by atoms with Crippen molar-refractivity contribution in [1.82, 2.24) is 0 Å². The summed E-state index contributed by atoms with van der Waals surface area (Å²) in [7, 11) is 0. The van der Waals surface area contributed by atoms with Crippen LogP contribution >= 0.6 is 15.9 Å². The van der Waals surface area contributed by atoms with Crippen molar-refractivity contribution in [3.8, 4) is 0 Å². The SMILES string of the molecule is CC(=O)c1cc(NCc2cc(Br)ccc2F)ccc1N. The summed E-state index contributed by atoms with van der Waals surface area (Å²) in [4.78, 5) is 11.4. The first-order valence-corrected chi connectivity index (χ1v) is 6.85. The largest absolute Gasteiger partial charge is 0.398 e. The number of Topliss-reactive ketones (excluding diaryl/α,β-unsaturated/α-hetero) is 1. The van der Waals surface area contributed by atoms with Gasteiger partial charge >= 0.3 is 0 Å². The Balaban J connectivity index is 2.17. The van der Waals surface area contributed by atoms with Gasteiger partial charge in [-0.15, -0.1) is 0 Å². The van der Waals surface area contributed by atoms with Gasteiger partial charge in [0, 0.05) is 33.5 Å². The first kappa shape index (κ1) is 14.5. The van der Waals surface area contributed by atoms with E-state index < -0.39 is 0 Å². The van der Waals surface area contributed by atoms with Gasteiger partial charge in [0.2, 0.25) is 0 Å². The molecule has 2 aromatic rings. The van der Waals surface area contributed by atoms with Gasteiger partial charge in [0.15, 0.2) is 5.78 Å². The van der Waals surface area contributed by atoms with E-state index in [0.717, 1.165) is 10.2 Å². The second-order valence-electron chi connectivity index (χ2n) is 4.45. The zero-order valence-electron chi connectivity index (χ0n) is 10.9. The molecule has 0 heterocycles. The number of nitrogens with two attached hydrogens (primary N) is 1. The van der Waals surface area contributed by atoms with Crippen LogP contribution in [0, 0.1) is 5.82 Å². The van der Waals surface area contributed by atoms with Crippen molar-refractivity contribution in [3.63, 3.8) is 0 Å². The number of carbonyl (C=O) groups is 1. The summed E-state index contributed by atoms with van der Waals surface area (Å²) in [6.07, 6.45) is 0. The van der Waals surface area contributed by atoms with Gasteiger partial charge in [-0.3, -0.25) is 4.79 Å². The second kappa shape index (κ2) is 6.05. The molecular weight excluding hydrogens is 323 g/mol. The molecule has 0 aliphatic rings. The van der Waals surface area contributed by atoms with E-state index in [1.807, 2.05) is 0 Å². The minimum atomic E-state index is -0.275. The first-order valence-electron chi connectivity index (χ1n) is 6.05. The van der Waals surface area contributed by atoms with E-state index in [1.165, 1.54) is 13.0 Å². The standard InChI is InChI=1S/C15H14BrFN2O/c1-9(20)13-7-12(3-5-15(13)18)19-8-10-6-11(16)2-4-14(10)17/h2-7,19H,8,18H2,1H3. The van der Waals surface area contributed by atoms with E-state index in [4.69, 9.17) is 5.73 Å². The molecule has 0 saturated heterocycles. The molecule has 0 aliphatic carbocycles. The van der Waals surface area contributed by atoms with Crippen LogP contribution in [0.5, 0.6) is 0 Å². The van der Waals surface area contributed by atoms with E-state index in [1.54, 1.807) is 30.3 Å². The molecule has 3 nitrogen and oxygen atoms in total. The van der Waals surface area contributed by atoms with Crippen LogP contribution in [0.15, 0.2) is 40.9 Å². The van der Waals surface area contributed by atoms with Crippen molar-refractivity contribution in [1.29, 1.82) is 0 Å². The molecule has 104 valence electrons. The number of anilines is 2. The normalized spacial score (nSPS) is 10.3. The summed E-state index contributed by atoms with van der Waals surface area (Å²) in [5.41, 5.74) is 7.90. The monoisotopic (exact) mass is 336 g/mol. The molecule has 5 heteroatoms. The van der Waals surface area contributed by atoms with E-state index in [-0.39, 0.29) is 11.6 Å². The number of ketones is 1. The molecular formula is C15H14BrFN2O. The van der Waals surface area contributed by atoms with E-state index in [9.17, 15) is 9.18 Å². The molecule has 20 heavy (non-hydrogen) atoms. The number of hydrogen-bond donors (Lipinski definition) is 2. The lowest BCUT2D eigenvalue weighted by Gasteiger charge is -2.10. The Bertz CT molecular complexity index is 658. The summed E-state index contributed by atoms with van der Waals surface area (Å²) < 4.78 is 14.4. The molecule has 0 atom stereocenters. The third kappa shape index (κ3) is 3.36. The molecule has 0 spiro atoms. The van der Waals surface area contributed by atoms with Gasteiger partial charge in [0.25, 0.3) is 0 Å². The number of nitrogens with one attached hydrogen (secondary N) is 1. The van der Waals surface area contributed by atoms with Crippen LogP contribution in [0.25, 0.3) is 0 Å². The summed E-state index contributed by atoms with van der Waals surface area (Å²) in [6.45, 7) is 1.79. The van der Waals surface area contributed by atoms with Gasteiger partial charge in [0.1, 0.15) is 5.82 Å². The van der Waals surface area contributed by atoms with Crippen LogP contribution in [0.4, 0.5) is 15.8 Å². The molecule has 2 aromatic carbocycles. The Morgan fingerprint density at radius 3 is 2.75 bits per heavy atom. The van der Waals surface area contributed by atoms with Gasteiger partial charge in [-0.05, 0) is 43.3 Å². The Hall–Kier alpha value is -1.88. The van der Waals surface area contributed by atoms with Crippen molar-refractivity contribution in [3.05, 3.63) is 57.8 Å². The molecule has 2 rings (SSSR count).